The molecule has 0 amide bonds. The lowest BCUT2D eigenvalue weighted by molar-refractivity contribution is 0.607. The summed E-state index contributed by atoms with van der Waals surface area (Å²) in [6, 6.07) is 22.1. The predicted octanol–water partition coefficient (Wildman–Crippen LogP) is 14.9. The maximum atomic E-state index is 2.54. The summed E-state index contributed by atoms with van der Waals surface area (Å²) < 4.78 is 2.72. The van der Waals surface area contributed by atoms with Crippen molar-refractivity contribution in [3.05, 3.63) is 78.4 Å². The van der Waals surface area contributed by atoms with Gasteiger partial charge in [-0.3, -0.25) is 0 Å². The third-order valence-electron chi connectivity index (χ3n) is 9.03. The highest BCUT2D eigenvalue weighted by Crippen LogP contribution is 2.33. The second kappa shape index (κ2) is 22.6. The van der Waals surface area contributed by atoms with Crippen molar-refractivity contribution >= 4 is 45.2 Å². The van der Waals surface area contributed by atoms with Crippen LogP contribution in [0, 0.1) is 7.14 Å². The number of unbranched alkanes of at least 4 members (excludes halogenated alkanes) is 15. The molecule has 2 heteroatoms. The highest BCUT2D eigenvalue weighted by molar-refractivity contribution is 14.1. The van der Waals surface area contributed by atoms with Gasteiger partial charge in [0, 0.05) is 7.14 Å². The Balaban J connectivity index is 1.83. The van der Waals surface area contributed by atoms with E-state index in [4.69, 9.17) is 0 Å². The predicted molar refractivity (Wildman–Crippen MR) is 214 cm³/mol. The second-order valence-electron chi connectivity index (χ2n) is 13.2. The van der Waals surface area contributed by atoms with Gasteiger partial charge in [-0.2, -0.15) is 0 Å². The van der Waals surface area contributed by atoms with Crippen molar-refractivity contribution in [1.82, 2.24) is 0 Å². The van der Waals surface area contributed by atoms with Crippen molar-refractivity contribution in [2.24, 2.45) is 0 Å². The third-order valence-corrected chi connectivity index (χ3v) is 10.3. The summed E-state index contributed by atoms with van der Waals surface area (Å²) >= 11 is 5.07. The first kappa shape index (κ1) is 37.6. The number of hydrogen-bond donors (Lipinski definition) is 0. The Morgan fingerprint density at radius 1 is 0.318 bits per heavy atom. The highest BCUT2D eigenvalue weighted by atomic mass is 127. The van der Waals surface area contributed by atoms with Crippen LogP contribution in [0.5, 0.6) is 0 Å². The van der Waals surface area contributed by atoms with Crippen LogP contribution >= 0.6 is 45.2 Å². The molecule has 0 saturated heterocycles. The minimum atomic E-state index is 1.18. The van der Waals surface area contributed by atoms with Crippen LogP contribution in [0.25, 0.3) is 22.3 Å². The Labute approximate surface area is 299 Å². The van der Waals surface area contributed by atoms with E-state index in [1.807, 2.05) is 0 Å². The zero-order valence-electron chi connectivity index (χ0n) is 28.3. The van der Waals surface area contributed by atoms with Crippen LogP contribution in [0.4, 0.5) is 0 Å². The van der Waals surface area contributed by atoms with Crippen LogP contribution in [-0.2, 0) is 19.3 Å². The van der Waals surface area contributed by atoms with Crippen LogP contribution in [0.1, 0.15) is 153 Å². The van der Waals surface area contributed by atoms with Crippen LogP contribution < -0.4 is 0 Å². The maximum absolute atomic E-state index is 2.54. The summed E-state index contributed by atoms with van der Waals surface area (Å²) in [6.07, 6.45) is 27.9. The summed E-state index contributed by atoms with van der Waals surface area (Å²) in [5.41, 5.74) is 10.1. The fraction of sp³-hybridized carbons (Fsp3) is 0.571. The molecule has 0 radical (unpaired) electrons. The highest BCUT2D eigenvalue weighted by Gasteiger charge is 2.10. The summed E-state index contributed by atoms with van der Waals surface area (Å²) in [4.78, 5) is 0. The normalized spacial score (nSPS) is 11.4. The van der Waals surface area contributed by atoms with Crippen molar-refractivity contribution in [2.45, 2.75) is 156 Å². The molecule has 3 rings (SSSR count). The lowest BCUT2D eigenvalue weighted by Gasteiger charge is -2.14. The van der Waals surface area contributed by atoms with Crippen molar-refractivity contribution in [3.8, 4) is 22.3 Å². The van der Waals surface area contributed by atoms with E-state index in [-0.39, 0.29) is 0 Å². The first-order chi connectivity index (χ1) is 21.5. The molecule has 0 bridgehead atoms. The number of benzene rings is 3. The van der Waals surface area contributed by atoms with Crippen LogP contribution in [0.15, 0.2) is 54.6 Å². The topological polar surface area (TPSA) is 0 Å². The van der Waals surface area contributed by atoms with Crippen LogP contribution in [0.2, 0.25) is 0 Å². The van der Waals surface area contributed by atoms with Gasteiger partial charge in [0.1, 0.15) is 0 Å². The Morgan fingerprint density at radius 3 is 0.932 bits per heavy atom. The molecule has 0 aromatic heterocycles. The summed E-state index contributed by atoms with van der Waals surface area (Å²) in [5.74, 6) is 0. The van der Waals surface area contributed by atoms with Gasteiger partial charge in [0.2, 0.25) is 0 Å². The molecule has 0 aliphatic rings. The zero-order chi connectivity index (χ0) is 31.4. The maximum Gasteiger partial charge on any atom is 0.0139 e. The van der Waals surface area contributed by atoms with Crippen molar-refractivity contribution in [3.63, 3.8) is 0 Å². The minimum Gasteiger partial charge on any atom is -0.0654 e. The Kier molecular flexibility index (Phi) is 19.3. The van der Waals surface area contributed by atoms with Gasteiger partial charge < -0.3 is 0 Å². The molecule has 0 nitrogen and oxygen atoms in total. The molecular weight excluding hydrogens is 758 g/mol. The summed E-state index contributed by atoms with van der Waals surface area (Å²) in [7, 11) is 0. The molecule has 0 spiro atoms. The van der Waals surface area contributed by atoms with E-state index in [0.717, 1.165) is 0 Å². The summed E-state index contributed by atoms with van der Waals surface area (Å²) in [6.45, 7) is 6.91. The van der Waals surface area contributed by atoms with E-state index in [0.29, 0.717) is 0 Å². The smallest absolute Gasteiger partial charge is 0.0139 e. The number of aryl methyl sites for hydroxylation is 3. The van der Waals surface area contributed by atoms with E-state index >= 15 is 0 Å². The van der Waals surface area contributed by atoms with E-state index in [1.165, 1.54) is 181 Å². The van der Waals surface area contributed by atoms with E-state index in [1.54, 1.807) is 0 Å². The minimum absolute atomic E-state index is 1.18. The fourth-order valence-electron chi connectivity index (χ4n) is 6.42. The molecule has 0 aliphatic carbocycles. The van der Waals surface area contributed by atoms with Gasteiger partial charge in [-0.05, 0) is 153 Å². The fourth-order valence-corrected chi connectivity index (χ4v) is 7.89. The average molecular weight is 819 g/mol. The van der Waals surface area contributed by atoms with Gasteiger partial charge in [0.15, 0.2) is 0 Å². The molecule has 0 unspecified atom stereocenters. The average Bonchev–Trinajstić information content (AvgIpc) is 3.01. The standard InChI is InChI=1S/C42H60I2/c1-4-7-10-13-16-19-22-34-25-37(39-27-35(29-41(43)32-39)23-20-17-14-11-8-5-2)31-38(26-34)40-28-36(30-42(44)33-40)24-21-18-15-12-9-6-3/h25-33H,4-24H2,1-3H3. The Bertz CT molecular complexity index is 1130. The Hall–Kier alpha value is -0.880. The van der Waals surface area contributed by atoms with Gasteiger partial charge in [-0.1, -0.05) is 141 Å². The molecule has 3 aromatic rings. The van der Waals surface area contributed by atoms with E-state index < -0.39 is 0 Å². The molecule has 0 saturated carbocycles. The molecule has 0 fully saturated rings. The van der Waals surface area contributed by atoms with Crippen molar-refractivity contribution in [2.75, 3.05) is 0 Å². The molecule has 44 heavy (non-hydrogen) atoms. The van der Waals surface area contributed by atoms with Crippen LogP contribution in [-0.4, -0.2) is 0 Å². The van der Waals surface area contributed by atoms with Crippen LogP contribution in [0.3, 0.4) is 0 Å². The Morgan fingerprint density at radius 2 is 0.591 bits per heavy atom. The second-order valence-corrected chi connectivity index (χ2v) is 15.7. The summed E-state index contributed by atoms with van der Waals surface area (Å²) in [5, 5.41) is 0. The molecular formula is C42H60I2. The SMILES string of the molecule is CCCCCCCCc1cc(I)cc(-c2cc(CCCCCCCC)cc(-c3cc(I)cc(CCCCCCCC)c3)c2)c1. The van der Waals surface area contributed by atoms with Gasteiger partial charge in [0.25, 0.3) is 0 Å². The van der Waals surface area contributed by atoms with Gasteiger partial charge in [-0.25, -0.2) is 0 Å². The number of hydrogen-bond acceptors (Lipinski definition) is 0. The quantitative estimate of drug-likeness (QED) is 0.0660. The van der Waals surface area contributed by atoms with Crippen molar-refractivity contribution < 1.29 is 0 Å². The van der Waals surface area contributed by atoms with E-state index in [2.05, 4.69) is 121 Å². The first-order valence-electron chi connectivity index (χ1n) is 18.3. The molecule has 3 aromatic carbocycles. The van der Waals surface area contributed by atoms with Crippen molar-refractivity contribution in [1.29, 1.82) is 0 Å². The molecule has 0 N–H and O–H groups in total. The molecule has 0 aliphatic heterocycles. The third kappa shape index (κ3) is 14.7. The number of rotatable bonds is 23. The van der Waals surface area contributed by atoms with E-state index in [9.17, 15) is 0 Å². The van der Waals surface area contributed by atoms with Gasteiger partial charge >= 0.3 is 0 Å². The number of halogens is 2. The molecule has 242 valence electrons. The first-order valence-corrected chi connectivity index (χ1v) is 20.4. The molecule has 0 atom stereocenters. The van der Waals surface area contributed by atoms with Gasteiger partial charge in [-0.15, -0.1) is 0 Å². The van der Waals surface area contributed by atoms with Gasteiger partial charge in [0.05, 0.1) is 0 Å². The zero-order valence-corrected chi connectivity index (χ0v) is 32.6. The monoisotopic (exact) mass is 818 g/mol. The lowest BCUT2D eigenvalue weighted by Crippen LogP contribution is -1.94. The lowest BCUT2D eigenvalue weighted by atomic mass is 9.92. The largest absolute Gasteiger partial charge is 0.0654 e. The molecule has 0 heterocycles.